The molecule has 1 aliphatic rings. The molecule has 0 spiro atoms. The number of rotatable bonds is 6. The Bertz CT molecular complexity index is 916. The maximum Gasteiger partial charge on any atom is 0.420 e. The molecule has 3 N–H and O–H groups in total. The van der Waals surface area contributed by atoms with Gasteiger partial charge in [0.1, 0.15) is 11.3 Å². The van der Waals surface area contributed by atoms with Gasteiger partial charge in [0, 0.05) is 12.0 Å². The standard InChI is InChI=1S/C23H28F3NO3/c1-14-3-7-17(8-4-14)30-19-10-5-15-13-16(22(2,27)12-11-20(28)29)6-9-18(15)21(19)23(24,25)26/h5-6,9-10,13-14,17H,3-4,7-8,11-12,27H2,1-2H3,(H,28,29). The van der Waals surface area contributed by atoms with Gasteiger partial charge in [-0.1, -0.05) is 25.1 Å². The topological polar surface area (TPSA) is 72.5 Å². The lowest BCUT2D eigenvalue weighted by Gasteiger charge is -2.29. The van der Waals surface area contributed by atoms with Gasteiger partial charge in [-0.3, -0.25) is 4.79 Å². The molecule has 30 heavy (non-hydrogen) atoms. The van der Waals surface area contributed by atoms with Crippen molar-refractivity contribution in [2.24, 2.45) is 11.7 Å². The molecule has 1 atom stereocenters. The summed E-state index contributed by atoms with van der Waals surface area (Å²) in [5.41, 5.74) is 5.12. The summed E-state index contributed by atoms with van der Waals surface area (Å²) in [6.07, 6.45) is -1.29. The number of ether oxygens (including phenoxy) is 1. The van der Waals surface area contributed by atoms with Crippen LogP contribution in [0.4, 0.5) is 13.2 Å². The third-order valence-electron chi connectivity index (χ3n) is 6.04. The van der Waals surface area contributed by atoms with Gasteiger partial charge in [0.2, 0.25) is 0 Å². The van der Waals surface area contributed by atoms with Gasteiger partial charge < -0.3 is 15.6 Å². The molecule has 0 heterocycles. The van der Waals surface area contributed by atoms with Crippen molar-refractivity contribution in [1.29, 1.82) is 0 Å². The fourth-order valence-corrected chi connectivity index (χ4v) is 4.09. The van der Waals surface area contributed by atoms with Crippen molar-refractivity contribution < 1.29 is 27.8 Å². The third-order valence-corrected chi connectivity index (χ3v) is 6.04. The van der Waals surface area contributed by atoms with Crippen LogP contribution in [-0.2, 0) is 16.5 Å². The highest BCUT2D eigenvalue weighted by molar-refractivity contribution is 5.89. The summed E-state index contributed by atoms with van der Waals surface area (Å²) in [5.74, 6) is -0.525. The van der Waals surface area contributed by atoms with Gasteiger partial charge in [0.25, 0.3) is 0 Å². The molecule has 4 nitrogen and oxygen atoms in total. The number of aliphatic carboxylic acids is 1. The average molecular weight is 423 g/mol. The molecule has 3 rings (SSSR count). The molecule has 0 aliphatic heterocycles. The number of hydrogen-bond acceptors (Lipinski definition) is 3. The van der Waals surface area contributed by atoms with E-state index in [4.69, 9.17) is 15.6 Å². The van der Waals surface area contributed by atoms with E-state index in [0.717, 1.165) is 25.7 Å². The van der Waals surface area contributed by atoms with Gasteiger partial charge in [-0.05, 0) is 73.4 Å². The van der Waals surface area contributed by atoms with E-state index in [1.807, 2.05) is 0 Å². The van der Waals surface area contributed by atoms with Gasteiger partial charge in [-0.15, -0.1) is 0 Å². The van der Waals surface area contributed by atoms with Crippen LogP contribution in [0, 0.1) is 5.92 Å². The molecule has 2 aromatic rings. The van der Waals surface area contributed by atoms with Crippen molar-refractivity contribution in [3.63, 3.8) is 0 Å². The maximum absolute atomic E-state index is 14.0. The summed E-state index contributed by atoms with van der Waals surface area (Å²) in [5, 5.41) is 9.36. The van der Waals surface area contributed by atoms with Crippen LogP contribution in [0.1, 0.15) is 63.5 Å². The molecule has 2 aromatic carbocycles. The zero-order valence-electron chi connectivity index (χ0n) is 17.3. The molecular weight excluding hydrogens is 395 g/mol. The van der Waals surface area contributed by atoms with Crippen molar-refractivity contribution >= 4 is 16.7 Å². The minimum absolute atomic E-state index is 0.0574. The summed E-state index contributed by atoms with van der Waals surface area (Å²) in [6.45, 7) is 3.83. The van der Waals surface area contributed by atoms with E-state index < -0.39 is 23.2 Å². The Morgan fingerprint density at radius 1 is 1.17 bits per heavy atom. The Morgan fingerprint density at radius 2 is 1.83 bits per heavy atom. The number of nitrogens with two attached hydrogens (primary N) is 1. The molecule has 0 amide bonds. The van der Waals surface area contributed by atoms with Crippen molar-refractivity contribution in [2.45, 2.75) is 70.2 Å². The first-order chi connectivity index (χ1) is 14.0. The molecule has 0 radical (unpaired) electrons. The van der Waals surface area contributed by atoms with Crippen LogP contribution in [0.3, 0.4) is 0 Å². The zero-order valence-corrected chi connectivity index (χ0v) is 17.3. The SMILES string of the molecule is CC1CCC(Oc2ccc3cc(C(C)(N)CCC(=O)O)ccc3c2C(F)(F)F)CC1. The smallest absolute Gasteiger partial charge is 0.420 e. The normalized spacial score (nSPS) is 21.9. The Hall–Kier alpha value is -2.28. The Morgan fingerprint density at radius 3 is 2.43 bits per heavy atom. The van der Waals surface area contributed by atoms with Gasteiger partial charge in [-0.2, -0.15) is 13.2 Å². The molecule has 1 aliphatic carbocycles. The van der Waals surface area contributed by atoms with Gasteiger partial charge in [-0.25, -0.2) is 0 Å². The molecule has 164 valence electrons. The van der Waals surface area contributed by atoms with E-state index in [9.17, 15) is 18.0 Å². The van der Waals surface area contributed by atoms with E-state index >= 15 is 0 Å². The fourth-order valence-electron chi connectivity index (χ4n) is 4.09. The van der Waals surface area contributed by atoms with Crippen LogP contribution >= 0.6 is 0 Å². The summed E-state index contributed by atoms with van der Waals surface area (Å²) < 4.78 is 47.7. The number of halogens is 3. The predicted octanol–water partition coefficient (Wildman–Crippen LogP) is 5.85. The second kappa shape index (κ2) is 8.46. The highest BCUT2D eigenvalue weighted by atomic mass is 19.4. The van der Waals surface area contributed by atoms with Crippen LogP contribution < -0.4 is 10.5 Å². The monoisotopic (exact) mass is 423 g/mol. The van der Waals surface area contributed by atoms with E-state index in [1.165, 1.54) is 12.1 Å². The van der Waals surface area contributed by atoms with Gasteiger partial charge >= 0.3 is 12.1 Å². The van der Waals surface area contributed by atoms with Gasteiger partial charge in [0.15, 0.2) is 0 Å². The Balaban J connectivity index is 1.97. The van der Waals surface area contributed by atoms with Crippen LogP contribution in [0.25, 0.3) is 10.8 Å². The summed E-state index contributed by atoms with van der Waals surface area (Å²) in [4.78, 5) is 10.9. The molecule has 1 unspecified atom stereocenters. The quantitative estimate of drug-likeness (QED) is 0.611. The van der Waals surface area contributed by atoms with Crippen LogP contribution in [0.5, 0.6) is 5.75 Å². The number of hydrogen-bond donors (Lipinski definition) is 2. The minimum atomic E-state index is -4.56. The molecule has 1 fully saturated rings. The molecule has 7 heteroatoms. The largest absolute Gasteiger partial charge is 0.490 e. The third kappa shape index (κ3) is 5.06. The van der Waals surface area contributed by atoms with Crippen LogP contribution in [0.15, 0.2) is 30.3 Å². The van der Waals surface area contributed by atoms with E-state index in [1.54, 1.807) is 25.1 Å². The number of benzene rings is 2. The van der Waals surface area contributed by atoms with Crippen LogP contribution in [0.2, 0.25) is 0 Å². The first-order valence-electron chi connectivity index (χ1n) is 10.3. The van der Waals surface area contributed by atoms with E-state index in [0.29, 0.717) is 16.9 Å². The van der Waals surface area contributed by atoms with Gasteiger partial charge in [0.05, 0.1) is 6.10 Å². The molecule has 0 saturated heterocycles. The summed E-state index contributed by atoms with van der Waals surface area (Å²) in [6, 6.07) is 7.57. The highest BCUT2D eigenvalue weighted by Crippen LogP contribution is 2.43. The lowest BCUT2D eigenvalue weighted by atomic mass is 9.86. The zero-order chi connectivity index (χ0) is 22.1. The van der Waals surface area contributed by atoms with Crippen molar-refractivity contribution in [2.75, 3.05) is 0 Å². The first-order valence-corrected chi connectivity index (χ1v) is 10.3. The minimum Gasteiger partial charge on any atom is -0.490 e. The molecule has 1 saturated carbocycles. The number of carboxylic acids is 1. The summed E-state index contributed by atoms with van der Waals surface area (Å²) >= 11 is 0. The fraction of sp³-hybridized carbons (Fsp3) is 0.522. The molecule has 0 bridgehead atoms. The lowest BCUT2D eigenvalue weighted by Crippen LogP contribution is -2.33. The number of fused-ring (bicyclic) bond motifs is 1. The number of carboxylic acid groups (broad SMARTS) is 1. The Kier molecular flexibility index (Phi) is 6.32. The molecule has 0 aromatic heterocycles. The van der Waals surface area contributed by atoms with Crippen molar-refractivity contribution in [3.8, 4) is 5.75 Å². The number of alkyl halides is 3. The second-order valence-electron chi connectivity index (χ2n) is 8.68. The van der Waals surface area contributed by atoms with E-state index in [2.05, 4.69) is 6.92 Å². The maximum atomic E-state index is 14.0. The van der Waals surface area contributed by atoms with Crippen LogP contribution in [-0.4, -0.2) is 17.2 Å². The summed E-state index contributed by atoms with van der Waals surface area (Å²) in [7, 11) is 0. The highest BCUT2D eigenvalue weighted by Gasteiger charge is 2.37. The predicted molar refractivity (Wildman–Crippen MR) is 109 cm³/mol. The molecular formula is C23H28F3NO3. The first kappa shape index (κ1) is 22.4. The van der Waals surface area contributed by atoms with Crippen molar-refractivity contribution in [1.82, 2.24) is 0 Å². The average Bonchev–Trinajstić information content (AvgIpc) is 2.66. The Labute approximate surface area is 174 Å². The van der Waals surface area contributed by atoms with E-state index in [-0.39, 0.29) is 30.1 Å². The lowest BCUT2D eigenvalue weighted by molar-refractivity contribution is -0.138. The second-order valence-corrected chi connectivity index (χ2v) is 8.68. The number of carbonyl (C=O) groups is 1. The van der Waals surface area contributed by atoms with Crippen molar-refractivity contribution in [3.05, 3.63) is 41.5 Å².